The first-order valence-electron chi connectivity index (χ1n) is 6.44. The second kappa shape index (κ2) is 7.27. The molecule has 120 valence electrons. The van der Waals surface area contributed by atoms with Crippen molar-refractivity contribution in [3.05, 3.63) is 55.6 Å². The van der Waals surface area contributed by atoms with Gasteiger partial charge in [-0.25, -0.2) is 0 Å². The molecule has 1 amide bonds. The first-order valence-corrected chi connectivity index (χ1v) is 7.52. The quantitative estimate of drug-likeness (QED) is 0.448. The van der Waals surface area contributed by atoms with Gasteiger partial charge in [0, 0.05) is 9.64 Å². The average Bonchev–Trinajstić information content (AvgIpc) is 2.55. The van der Waals surface area contributed by atoms with Crippen molar-refractivity contribution in [2.45, 2.75) is 0 Å². The molecule has 2 rings (SSSR count). The minimum absolute atomic E-state index is 0.104. The van der Waals surface area contributed by atoms with Crippen LogP contribution >= 0.6 is 22.6 Å². The van der Waals surface area contributed by atoms with Gasteiger partial charge in [-0.15, -0.1) is 0 Å². The summed E-state index contributed by atoms with van der Waals surface area (Å²) >= 11 is 2.07. The van der Waals surface area contributed by atoms with Gasteiger partial charge in [-0.1, -0.05) is 12.1 Å². The lowest BCUT2D eigenvalue weighted by molar-refractivity contribution is -0.385. The molecule has 0 bridgehead atoms. The van der Waals surface area contributed by atoms with Gasteiger partial charge in [-0.3, -0.25) is 14.9 Å². The van der Waals surface area contributed by atoms with Crippen LogP contribution in [0.1, 0.15) is 10.4 Å². The Labute approximate surface area is 145 Å². The van der Waals surface area contributed by atoms with E-state index in [0.717, 1.165) is 3.57 Å². The van der Waals surface area contributed by atoms with Crippen LogP contribution < -0.4 is 14.8 Å². The molecule has 7 nitrogen and oxygen atoms in total. The predicted molar refractivity (Wildman–Crippen MR) is 93.3 cm³/mol. The molecule has 0 saturated carbocycles. The normalized spacial score (nSPS) is 10.0. The molecule has 0 radical (unpaired) electrons. The highest BCUT2D eigenvalue weighted by Crippen LogP contribution is 2.35. The van der Waals surface area contributed by atoms with Crippen LogP contribution in [0, 0.1) is 13.7 Å². The van der Waals surface area contributed by atoms with Crippen molar-refractivity contribution >= 4 is 39.9 Å². The lowest BCUT2D eigenvalue weighted by Gasteiger charge is -2.11. The van der Waals surface area contributed by atoms with Gasteiger partial charge in [0.25, 0.3) is 11.6 Å². The molecule has 0 aliphatic rings. The summed E-state index contributed by atoms with van der Waals surface area (Å²) in [6.45, 7) is 0. The monoisotopic (exact) mass is 428 g/mol. The average molecular weight is 428 g/mol. The number of ether oxygens (including phenoxy) is 2. The van der Waals surface area contributed by atoms with Gasteiger partial charge in [-0.2, -0.15) is 0 Å². The zero-order valence-corrected chi connectivity index (χ0v) is 14.5. The minimum atomic E-state index is -0.632. The van der Waals surface area contributed by atoms with E-state index in [1.165, 1.54) is 26.4 Å². The number of anilines is 1. The van der Waals surface area contributed by atoms with E-state index < -0.39 is 10.8 Å². The van der Waals surface area contributed by atoms with Crippen LogP contribution in [-0.2, 0) is 0 Å². The summed E-state index contributed by atoms with van der Waals surface area (Å²) in [6.07, 6.45) is 0. The minimum Gasteiger partial charge on any atom is -0.493 e. The van der Waals surface area contributed by atoms with Gasteiger partial charge in [0.15, 0.2) is 11.5 Å². The van der Waals surface area contributed by atoms with E-state index in [9.17, 15) is 14.9 Å². The van der Waals surface area contributed by atoms with E-state index in [0.29, 0.717) is 5.69 Å². The maximum Gasteiger partial charge on any atom is 0.286 e. The highest BCUT2D eigenvalue weighted by atomic mass is 127. The molecule has 0 atom stereocenters. The number of amides is 1. The molecule has 0 spiro atoms. The van der Waals surface area contributed by atoms with Gasteiger partial charge < -0.3 is 14.8 Å². The highest BCUT2D eigenvalue weighted by molar-refractivity contribution is 14.1. The Bertz CT molecular complexity index is 764. The largest absolute Gasteiger partial charge is 0.493 e. The number of carbonyl (C=O) groups excluding carboxylic acids is 1. The van der Waals surface area contributed by atoms with Crippen LogP contribution in [0.15, 0.2) is 36.4 Å². The molecule has 0 heterocycles. The Morgan fingerprint density at radius 1 is 1.17 bits per heavy atom. The van der Waals surface area contributed by atoms with Gasteiger partial charge in [-0.05, 0) is 34.7 Å². The fourth-order valence-electron chi connectivity index (χ4n) is 1.95. The maximum atomic E-state index is 12.4. The molecule has 0 aromatic heterocycles. The van der Waals surface area contributed by atoms with E-state index in [2.05, 4.69) is 27.9 Å². The van der Waals surface area contributed by atoms with Crippen LogP contribution in [-0.4, -0.2) is 25.1 Å². The number of rotatable bonds is 5. The molecule has 1 N–H and O–H groups in total. The molecule has 0 aliphatic heterocycles. The molecule has 0 aliphatic carbocycles. The van der Waals surface area contributed by atoms with Crippen molar-refractivity contribution in [3.8, 4) is 11.5 Å². The van der Waals surface area contributed by atoms with E-state index in [1.54, 1.807) is 12.1 Å². The second-order valence-corrected chi connectivity index (χ2v) is 5.58. The highest BCUT2D eigenvalue weighted by Gasteiger charge is 2.24. The second-order valence-electron chi connectivity index (χ2n) is 4.42. The number of nitro groups is 1. The van der Waals surface area contributed by atoms with Gasteiger partial charge in [0.1, 0.15) is 5.56 Å². The molecule has 8 heteroatoms. The number of methoxy groups -OCH3 is 2. The standard InChI is InChI=1S/C15H13IN2O5/c1-22-13-7-9(12(18(20)21)8-14(13)23-2)15(19)17-11-6-4-3-5-10(11)16/h3-8H,1-2H3,(H,17,19). The van der Waals surface area contributed by atoms with Gasteiger partial charge >= 0.3 is 0 Å². The maximum absolute atomic E-state index is 12.4. The molecule has 0 saturated heterocycles. The molecule has 23 heavy (non-hydrogen) atoms. The molecule has 0 unspecified atom stereocenters. The number of nitro benzene ring substituents is 1. The Hall–Kier alpha value is -2.36. The first-order chi connectivity index (χ1) is 11.0. The summed E-state index contributed by atoms with van der Waals surface area (Å²) in [5.41, 5.74) is 0.112. The Morgan fingerprint density at radius 2 is 1.78 bits per heavy atom. The summed E-state index contributed by atoms with van der Waals surface area (Å²) < 4.78 is 11.0. The Kier molecular flexibility index (Phi) is 5.37. The van der Waals surface area contributed by atoms with Gasteiger partial charge in [0.2, 0.25) is 0 Å². The van der Waals surface area contributed by atoms with Gasteiger partial charge in [0.05, 0.1) is 30.9 Å². The molecular weight excluding hydrogens is 415 g/mol. The van der Waals surface area contributed by atoms with Crippen LogP contribution in [0.25, 0.3) is 0 Å². The summed E-state index contributed by atoms with van der Waals surface area (Å²) in [4.78, 5) is 23.1. The van der Waals surface area contributed by atoms with Crippen LogP contribution in [0.5, 0.6) is 11.5 Å². The fraction of sp³-hybridized carbons (Fsp3) is 0.133. The Balaban J connectivity index is 2.46. The van der Waals surface area contributed by atoms with Crippen LogP contribution in [0.4, 0.5) is 11.4 Å². The zero-order valence-electron chi connectivity index (χ0n) is 12.3. The Morgan fingerprint density at radius 3 is 2.35 bits per heavy atom. The number of carbonyl (C=O) groups is 1. The van der Waals surface area contributed by atoms with Crippen molar-refractivity contribution in [1.29, 1.82) is 0 Å². The third-order valence-electron chi connectivity index (χ3n) is 3.07. The number of halogens is 1. The molecule has 2 aromatic carbocycles. The summed E-state index contributed by atoms with van der Waals surface area (Å²) in [5.74, 6) is -0.169. The third kappa shape index (κ3) is 3.70. The number of nitrogens with one attached hydrogen (secondary N) is 1. The third-order valence-corrected chi connectivity index (χ3v) is 4.01. The van der Waals surface area contributed by atoms with E-state index in [4.69, 9.17) is 9.47 Å². The molecule has 2 aromatic rings. The predicted octanol–water partition coefficient (Wildman–Crippen LogP) is 3.47. The topological polar surface area (TPSA) is 90.7 Å². The van der Waals surface area contributed by atoms with Crippen molar-refractivity contribution in [3.63, 3.8) is 0 Å². The van der Waals surface area contributed by atoms with Crippen molar-refractivity contribution in [1.82, 2.24) is 0 Å². The van der Waals surface area contributed by atoms with E-state index in [1.807, 2.05) is 12.1 Å². The van der Waals surface area contributed by atoms with Crippen molar-refractivity contribution in [2.24, 2.45) is 0 Å². The number of hydrogen-bond acceptors (Lipinski definition) is 5. The van der Waals surface area contributed by atoms with Crippen molar-refractivity contribution < 1.29 is 19.2 Å². The number of hydrogen-bond donors (Lipinski definition) is 1. The van der Waals surface area contributed by atoms with Crippen LogP contribution in [0.2, 0.25) is 0 Å². The number of para-hydroxylation sites is 1. The van der Waals surface area contributed by atoms with E-state index in [-0.39, 0.29) is 22.7 Å². The summed E-state index contributed by atoms with van der Waals surface area (Å²) in [7, 11) is 2.76. The number of benzene rings is 2. The lowest BCUT2D eigenvalue weighted by atomic mass is 10.1. The van der Waals surface area contributed by atoms with E-state index >= 15 is 0 Å². The summed E-state index contributed by atoms with van der Waals surface area (Å²) in [6, 6.07) is 9.59. The summed E-state index contributed by atoms with van der Waals surface area (Å²) in [5, 5.41) is 13.9. The lowest BCUT2D eigenvalue weighted by Crippen LogP contribution is -2.15. The fourth-order valence-corrected chi connectivity index (χ4v) is 2.48. The molecular formula is C15H13IN2O5. The SMILES string of the molecule is COc1cc(C(=O)Nc2ccccc2I)c([N+](=O)[O-])cc1OC. The van der Waals surface area contributed by atoms with Crippen molar-refractivity contribution in [2.75, 3.05) is 19.5 Å². The molecule has 0 fully saturated rings. The smallest absolute Gasteiger partial charge is 0.286 e. The zero-order chi connectivity index (χ0) is 17.0. The first kappa shape index (κ1) is 17.0. The van der Waals surface area contributed by atoms with Crippen LogP contribution in [0.3, 0.4) is 0 Å². The number of nitrogens with zero attached hydrogens (tertiary/aromatic N) is 1.